The highest BCUT2D eigenvalue weighted by Crippen LogP contribution is 2.31. The van der Waals surface area contributed by atoms with Gasteiger partial charge < -0.3 is 9.64 Å². The molecule has 0 saturated carbocycles. The first-order valence-electron chi connectivity index (χ1n) is 10.2. The van der Waals surface area contributed by atoms with Crippen LogP contribution in [0.25, 0.3) is 5.65 Å². The van der Waals surface area contributed by atoms with Crippen molar-refractivity contribution in [2.24, 2.45) is 0 Å². The fourth-order valence-corrected chi connectivity index (χ4v) is 4.37. The van der Waals surface area contributed by atoms with Gasteiger partial charge in [-0.1, -0.05) is 6.07 Å². The van der Waals surface area contributed by atoms with Gasteiger partial charge >= 0.3 is 5.97 Å². The third-order valence-electron chi connectivity index (χ3n) is 5.72. The van der Waals surface area contributed by atoms with Crippen molar-refractivity contribution in [3.63, 3.8) is 0 Å². The summed E-state index contributed by atoms with van der Waals surface area (Å²) >= 11 is 0. The Morgan fingerprint density at radius 3 is 2.89 bits per heavy atom. The SMILES string of the molecule is CCOC(=O)C1CCCCN1C(=O)CN1CCCC1c1nnc2ccccn12. The van der Waals surface area contributed by atoms with Crippen LogP contribution >= 0.6 is 0 Å². The first-order valence-corrected chi connectivity index (χ1v) is 10.2. The average Bonchev–Trinajstić information content (AvgIpc) is 3.34. The molecule has 2 atom stereocenters. The van der Waals surface area contributed by atoms with Gasteiger partial charge in [0.05, 0.1) is 19.2 Å². The number of ether oxygens (including phenoxy) is 1. The van der Waals surface area contributed by atoms with Crippen LogP contribution in [0.2, 0.25) is 0 Å². The fraction of sp³-hybridized carbons (Fsp3) is 0.600. The summed E-state index contributed by atoms with van der Waals surface area (Å²) in [5.74, 6) is 0.594. The van der Waals surface area contributed by atoms with E-state index in [0.29, 0.717) is 26.1 Å². The maximum atomic E-state index is 13.1. The molecule has 0 radical (unpaired) electrons. The summed E-state index contributed by atoms with van der Waals surface area (Å²) < 4.78 is 7.19. The van der Waals surface area contributed by atoms with Gasteiger partial charge in [-0.25, -0.2) is 4.79 Å². The van der Waals surface area contributed by atoms with Crippen molar-refractivity contribution >= 4 is 17.5 Å². The van der Waals surface area contributed by atoms with Gasteiger partial charge in [0.25, 0.3) is 0 Å². The van der Waals surface area contributed by atoms with Gasteiger partial charge in [-0.2, -0.15) is 0 Å². The zero-order valence-corrected chi connectivity index (χ0v) is 16.3. The van der Waals surface area contributed by atoms with Crippen molar-refractivity contribution in [3.05, 3.63) is 30.2 Å². The number of amides is 1. The minimum atomic E-state index is -0.448. The molecule has 4 rings (SSSR count). The van der Waals surface area contributed by atoms with E-state index in [9.17, 15) is 9.59 Å². The summed E-state index contributed by atoms with van der Waals surface area (Å²) in [6.45, 7) is 3.89. The Bertz CT molecular complexity index is 851. The summed E-state index contributed by atoms with van der Waals surface area (Å²) in [6, 6.07) is 5.44. The molecule has 28 heavy (non-hydrogen) atoms. The zero-order valence-electron chi connectivity index (χ0n) is 16.3. The summed E-state index contributed by atoms with van der Waals surface area (Å²) in [4.78, 5) is 29.3. The molecule has 0 bridgehead atoms. The molecule has 0 aromatic carbocycles. The van der Waals surface area contributed by atoms with Crippen LogP contribution in [0.4, 0.5) is 0 Å². The van der Waals surface area contributed by atoms with Gasteiger partial charge in [0.2, 0.25) is 5.91 Å². The highest BCUT2D eigenvalue weighted by molar-refractivity contribution is 5.85. The smallest absolute Gasteiger partial charge is 0.328 e. The Balaban J connectivity index is 1.49. The molecule has 4 heterocycles. The molecule has 0 spiro atoms. The lowest BCUT2D eigenvalue weighted by Crippen LogP contribution is -2.51. The van der Waals surface area contributed by atoms with E-state index in [4.69, 9.17) is 4.74 Å². The molecule has 1 amide bonds. The number of nitrogens with zero attached hydrogens (tertiary/aromatic N) is 5. The van der Waals surface area contributed by atoms with Crippen LogP contribution in [0.1, 0.15) is 50.9 Å². The maximum absolute atomic E-state index is 13.1. The zero-order chi connectivity index (χ0) is 19.5. The minimum absolute atomic E-state index is 0.00141. The topological polar surface area (TPSA) is 80.0 Å². The number of pyridine rings is 1. The normalized spacial score (nSPS) is 23.2. The molecule has 2 aliphatic heterocycles. The number of hydrogen-bond donors (Lipinski definition) is 0. The third-order valence-corrected chi connectivity index (χ3v) is 5.72. The van der Waals surface area contributed by atoms with Crippen molar-refractivity contribution in [1.29, 1.82) is 0 Å². The lowest BCUT2D eigenvalue weighted by atomic mass is 10.0. The van der Waals surface area contributed by atoms with Crippen molar-refractivity contribution in [2.45, 2.75) is 51.1 Å². The molecule has 2 unspecified atom stereocenters. The standard InChI is InChI=1S/C20H27N5O3/c1-2-28-20(27)16-8-3-5-12-24(16)18(26)14-23-11-7-9-15(23)19-22-21-17-10-4-6-13-25(17)19/h4,6,10,13,15-16H,2-3,5,7-9,11-12,14H2,1H3. The van der Waals surface area contributed by atoms with E-state index in [2.05, 4.69) is 15.1 Å². The Kier molecular flexibility index (Phi) is 5.57. The molecule has 150 valence electrons. The molecular weight excluding hydrogens is 358 g/mol. The average molecular weight is 385 g/mol. The van der Waals surface area contributed by atoms with Gasteiger partial charge in [-0.15, -0.1) is 10.2 Å². The largest absolute Gasteiger partial charge is 0.464 e. The van der Waals surface area contributed by atoms with E-state index < -0.39 is 6.04 Å². The van der Waals surface area contributed by atoms with Crippen molar-refractivity contribution < 1.29 is 14.3 Å². The monoisotopic (exact) mass is 385 g/mol. The Morgan fingerprint density at radius 1 is 1.14 bits per heavy atom. The molecule has 2 aromatic rings. The van der Waals surface area contributed by atoms with Crippen LogP contribution in [0, 0.1) is 0 Å². The van der Waals surface area contributed by atoms with Crippen molar-refractivity contribution in [3.8, 4) is 0 Å². The van der Waals surface area contributed by atoms with Crippen LogP contribution in [0.3, 0.4) is 0 Å². The number of piperidine rings is 1. The third kappa shape index (κ3) is 3.61. The highest BCUT2D eigenvalue weighted by Gasteiger charge is 2.36. The number of hydrogen-bond acceptors (Lipinski definition) is 6. The summed E-state index contributed by atoms with van der Waals surface area (Å²) in [6.07, 6.45) is 6.49. The molecule has 2 fully saturated rings. The van der Waals surface area contributed by atoms with Crippen LogP contribution in [-0.2, 0) is 14.3 Å². The number of fused-ring (bicyclic) bond motifs is 1. The Hall–Kier alpha value is -2.48. The molecule has 8 heteroatoms. The Labute approximate surface area is 164 Å². The molecule has 2 aromatic heterocycles. The number of carbonyl (C=O) groups is 2. The summed E-state index contributed by atoms with van der Waals surface area (Å²) in [5.41, 5.74) is 0.814. The second-order valence-corrected chi connectivity index (χ2v) is 7.47. The van der Waals surface area contributed by atoms with E-state index in [1.165, 1.54) is 0 Å². The van der Waals surface area contributed by atoms with Crippen LogP contribution in [0.5, 0.6) is 0 Å². The molecule has 0 aliphatic carbocycles. The number of likely N-dealkylation sites (tertiary alicyclic amines) is 2. The fourth-order valence-electron chi connectivity index (χ4n) is 4.37. The molecule has 2 aliphatic rings. The summed E-state index contributed by atoms with van der Waals surface area (Å²) in [5, 5.41) is 8.64. The molecule has 2 saturated heterocycles. The second kappa shape index (κ2) is 8.26. The predicted octanol–water partition coefficient (Wildman–Crippen LogP) is 1.81. The van der Waals surface area contributed by atoms with E-state index in [1.807, 2.05) is 28.8 Å². The molecular formula is C20H27N5O3. The van der Waals surface area contributed by atoms with E-state index in [0.717, 1.165) is 43.7 Å². The summed E-state index contributed by atoms with van der Waals surface area (Å²) in [7, 11) is 0. The maximum Gasteiger partial charge on any atom is 0.328 e. The number of rotatable bonds is 5. The number of esters is 1. The lowest BCUT2D eigenvalue weighted by molar-refractivity contribution is -0.157. The second-order valence-electron chi connectivity index (χ2n) is 7.47. The minimum Gasteiger partial charge on any atom is -0.464 e. The quantitative estimate of drug-likeness (QED) is 0.731. The van der Waals surface area contributed by atoms with E-state index in [-0.39, 0.29) is 17.9 Å². The highest BCUT2D eigenvalue weighted by atomic mass is 16.5. The van der Waals surface area contributed by atoms with Gasteiger partial charge in [-0.3, -0.25) is 14.1 Å². The molecule has 0 N–H and O–H groups in total. The first-order chi connectivity index (χ1) is 13.7. The van der Waals surface area contributed by atoms with Gasteiger partial charge in [0.1, 0.15) is 6.04 Å². The van der Waals surface area contributed by atoms with Gasteiger partial charge in [0, 0.05) is 12.7 Å². The van der Waals surface area contributed by atoms with Crippen LogP contribution in [-0.4, -0.2) is 68.6 Å². The number of aromatic nitrogens is 3. The number of carbonyl (C=O) groups excluding carboxylic acids is 2. The van der Waals surface area contributed by atoms with Gasteiger partial charge in [-0.05, 0) is 57.7 Å². The van der Waals surface area contributed by atoms with Crippen LogP contribution in [0.15, 0.2) is 24.4 Å². The van der Waals surface area contributed by atoms with Gasteiger partial charge in [0.15, 0.2) is 11.5 Å². The Morgan fingerprint density at radius 2 is 2.04 bits per heavy atom. The predicted molar refractivity (Wildman–Crippen MR) is 103 cm³/mol. The van der Waals surface area contributed by atoms with Crippen LogP contribution < -0.4 is 0 Å². The molecule has 8 nitrogen and oxygen atoms in total. The van der Waals surface area contributed by atoms with E-state index in [1.54, 1.807) is 11.8 Å². The lowest BCUT2D eigenvalue weighted by Gasteiger charge is -2.35. The van der Waals surface area contributed by atoms with Crippen molar-refractivity contribution in [2.75, 3.05) is 26.2 Å². The van der Waals surface area contributed by atoms with Crippen molar-refractivity contribution in [1.82, 2.24) is 24.4 Å². The van der Waals surface area contributed by atoms with E-state index >= 15 is 0 Å². The first kappa shape index (κ1) is 18.9.